The van der Waals surface area contributed by atoms with Gasteiger partial charge in [-0.2, -0.15) is 18.0 Å². The molecule has 0 amide bonds. The number of rotatable bonds is 6. The van der Waals surface area contributed by atoms with E-state index in [1.165, 1.54) is 19.2 Å². The zero-order valence-electron chi connectivity index (χ0n) is 15.2. The van der Waals surface area contributed by atoms with Crippen LogP contribution < -0.4 is 10.0 Å². The Morgan fingerprint density at radius 1 is 1.21 bits per heavy atom. The number of hydrogen-bond donors (Lipinski definition) is 2. The van der Waals surface area contributed by atoms with E-state index in [1.807, 2.05) is 0 Å². The molecule has 0 unspecified atom stereocenters. The van der Waals surface area contributed by atoms with Gasteiger partial charge in [-0.25, -0.2) is 13.1 Å². The van der Waals surface area contributed by atoms with E-state index in [2.05, 4.69) is 25.4 Å². The Morgan fingerprint density at radius 2 is 1.93 bits per heavy atom. The van der Waals surface area contributed by atoms with Crippen molar-refractivity contribution in [1.82, 2.24) is 24.9 Å². The molecular weight excluding hydrogens is 397 g/mol. The average Bonchev–Trinajstić information content (AvgIpc) is 3.09. The molecule has 1 fully saturated rings. The van der Waals surface area contributed by atoms with E-state index in [9.17, 15) is 21.6 Å². The van der Waals surface area contributed by atoms with Gasteiger partial charge in [-0.1, -0.05) is 19.3 Å². The minimum atomic E-state index is -4.49. The first kappa shape index (κ1) is 20.5. The molecule has 0 spiro atoms. The van der Waals surface area contributed by atoms with E-state index in [0.717, 1.165) is 32.1 Å². The topological polar surface area (TPSA) is 102 Å². The summed E-state index contributed by atoms with van der Waals surface area (Å²) >= 11 is 0. The van der Waals surface area contributed by atoms with Gasteiger partial charge in [0.05, 0.1) is 4.90 Å². The Morgan fingerprint density at radius 3 is 2.57 bits per heavy atom. The Balaban J connectivity index is 1.98. The third-order valence-electron chi connectivity index (χ3n) is 4.55. The van der Waals surface area contributed by atoms with Crippen LogP contribution in [-0.2, 0) is 16.6 Å². The molecule has 0 bridgehead atoms. The second kappa shape index (κ2) is 8.03. The molecular formula is C16H21F3N6O2S. The van der Waals surface area contributed by atoms with Crippen LogP contribution in [-0.4, -0.2) is 47.9 Å². The van der Waals surface area contributed by atoms with Crippen molar-refractivity contribution >= 4 is 15.7 Å². The molecule has 3 rings (SSSR count). The van der Waals surface area contributed by atoms with Gasteiger partial charge in [0.25, 0.3) is 0 Å². The van der Waals surface area contributed by atoms with Crippen LogP contribution in [0.1, 0.15) is 32.1 Å². The van der Waals surface area contributed by atoms with Crippen molar-refractivity contribution in [3.05, 3.63) is 18.2 Å². The zero-order chi connectivity index (χ0) is 20.4. The fraction of sp³-hybridized carbons (Fsp3) is 0.562. The van der Waals surface area contributed by atoms with E-state index < -0.39 is 22.7 Å². The van der Waals surface area contributed by atoms with Crippen LogP contribution in [0.25, 0.3) is 11.4 Å². The average molecular weight is 418 g/mol. The summed E-state index contributed by atoms with van der Waals surface area (Å²) in [6.45, 7) is -1.38. The van der Waals surface area contributed by atoms with Crippen LogP contribution in [0.5, 0.6) is 0 Å². The first-order chi connectivity index (χ1) is 13.2. The van der Waals surface area contributed by atoms with E-state index in [1.54, 1.807) is 6.07 Å². The molecule has 8 nitrogen and oxygen atoms in total. The van der Waals surface area contributed by atoms with Crippen LogP contribution in [0.3, 0.4) is 0 Å². The van der Waals surface area contributed by atoms with Crippen LogP contribution in [0.2, 0.25) is 0 Å². The molecule has 1 aromatic heterocycles. The lowest BCUT2D eigenvalue weighted by Crippen LogP contribution is -2.23. The van der Waals surface area contributed by atoms with Gasteiger partial charge in [-0.15, -0.1) is 10.2 Å². The minimum Gasteiger partial charge on any atom is -0.382 e. The van der Waals surface area contributed by atoms with Crippen molar-refractivity contribution < 1.29 is 21.6 Å². The lowest BCUT2D eigenvalue weighted by molar-refractivity contribution is -0.145. The number of tetrazole rings is 1. The number of anilines is 1. The molecule has 0 atom stereocenters. The van der Waals surface area contributed by atoms with Gasteiger partial charge in [-0.05, 0) is 43.3 Å². The fourth-order valence-electron chi connectivity index (χ4n) is 3.16. The van der Waals surface area contributed by atoms with Crippen molar-refractivity contribution in [2.45, 2.75) is 55.8 Å². The minimum absolute atomic E-state index is 0.0358. The van der Waals surface area contributed by atoms with Gasteiger partial charge in [0, 0.05) is 17.3 Å². The molecule has 0 aliphatic heterocycles. The highest BCUT2D eigenvalue weighted by Gasteiger charge is 2.30. The summed E-state index contributed by atoms with van der Waals surface area (Å²) in [5.74, 6) is -0.0734. The summed E-state index contributed by atoms with van der Waals surface area (Å²) in [6.07, 6.45) is 0.767. The summed E-state index contributed by atoms with van der Waals surface area (Å²) in [7, 11) is -2.46. The highest BCUT2D eigenvalue weighted by molar-refractivity contribution is 7.89. The Hall–Kier alpha value is -2.21. The van der Waals surface area contributed by atoms with Gasteiger partial charge in [0.15, 0.2) is 6.54 Å². The third kappa shape index (κ3) is 4.98. The summed E-state index contributed by atoms with van der Waals surface area (Å²) in [5.41, 5.74) is 0.851. The van der Waals surface area contributed by atoms with Crippen molar-refractivity contribution in [2.75, 3.05) is 12.4 Å². The summed E-state index contributed by atoms with van der Waals surface area (Å²) in [5, 5.41) is 14.3. The summed E-state index contributed by atoms with van der Waals surface area (Å²) < 4.78 is 64.2. The number of halogens is 3. The number of benzene rings is 1. The predicted molar refractivity (Wildman–Crippen MR) is 96.0 cm³/mol. The van der Waals surface area contributed by atoms with Crippen LogP contribution in [0.15, 0.2) is 23.1 Å². The number of sulfonamides is 1. The Kier molecular flexibility index (Phi) is 5.89. The normalized spacial score (nSPS) is 16.3. The third-order valence-corrected chi connectivity index (χ3v) is 5.96. The molecule has 12 heteroatoms. The highest BCUT2D eigenvalue weighted by Crippen LogP contribution is 2.31. The molecule has 1 saturated carbocycles. The second-order valence-electron chi connectivity index (χ2n) is 6.65. The molecule has 1 heterocycles. The Labute approximate surface area is 160 Å². The lowest BCUT2D eigenvalue weighted by Gasteiger charge is -2.25. The molecule has 28 heavy (non-hydrogen) atoms. The van der Waals surface area contributed by atoms with E-state index in [4.69, 9.17) is 0 Å². The number of hydrogen-bond acceptors (Lipinski definition) is 6. The van der Waals surface area contributed by atoms with Crippen molar-refractivity contribution in [1.29, 1.82) is 0 Å². The first-order valence-electron chi connectivity index (χ1n) is 8.87. The van der Waals surface area contributed by atoms with Gasteiger partial charge in [-0.3, -0.25) is 0 Å². The standard InChI is InChI=1S/C16H21F3N6O2S/c1-20-28(26,27)12-7-8-14(21-11-5-3-2-4-6-11)13(9-12)15-22-24-25(23-15)10-16(17,18)19/h7-9,11,20-21H,2-6,10H2,1H3. The number of nitrogens with zero attached hydrogens (tertiary/aromatic N) is 4. The Bertz CT molecular complexity index is 923. The van der Waals surface area contributed by atoms with E-state index in [0.29, 0.717) is 10.5 Å². The molecule has 1 aliphatic carbocycles. The molecule has 0 saturated heterocycles. The number of aromatic nitrogens is 4. The van der Waals surface area contributed by atoms with Crippen LogP contribution in [0, 0.1) is 0 Å². The van der Waals surface area contributed by atoms with E-state index in [-0.39, 0.29) is 22.3 Å². The van der Waals surface area contributed by atoms with Crippen molar-refractivity contribution in [3.8, 4) is 11.4 Å². The first-order valence-corrected chi connectivity index (χ1v) is 10.4. The lowest BCUT2D eigenvalue weighted by atomic mass is 9.95. The maximum absolute atomic E-state index is 12.6. The van der Waals surface area contributed by atoms with Gasteiger partial charge in [0.1, 0.15) is 0 Å². The van der Waals surface area contributed by atoms with Crippen molar-refractivity contribution in [3.63, 3.8) is 0 Å². The van der Waals surface area contributed by atoms with Gasteiger partial charge < -0.3 is 5.32 Å². The quantitative estimate of drug-likeness (QED) is 0.748. The van der Waals surface area contributed by atoms with Crippen molar-refractivity contribution in [2.24, 2.45) is 0 Å². The highest BCUT2D eigenvalue weighted by atomic mass is 32.2. The second-order valence-corrected chi connectivity index (χ2v) is 8.54. The van der Waals surface area contributed by atoms with Gasteiger partial charge in [0.2, 0.25) is 15.8 Å². The van der Waals surface area contributed by atoms with Crippen LogP contribution >= 0.6 is 0 Å². The molecule has 2 aromatic rings. The number of nitrogens with one attached hydrogen (secondary N) is 2. The van der Waals surface area contributed by atoms with Crippen LogP contribution in [0.4, 0.5) is 18.9 Å². The van der Waals surface area contributed by atoms with E-state index >= 15 is 0 Å². The predicted octanol–water partition coefficient (Wildman–Crippen LogP) is 2.56. The molecule has 154 valence electrons. The SMILES string of the molecule is CNS(=O)(=O)c1ccc(NC2CCCCC2)c(-c2nnn(CC(F)(F)F)n2)c1. The summed E-state index contributed by atoms with van der Waals surface area (Å²) in [6, 6.07) is 4.55. The smallest absolute Gasteiger partial charge is 0.382 e. The van der Waals surface area contributed by atoms with Gasteiger partial charge >= 0.3 is 6.18 Å². The molecule has 1 aromatic carbocycles. The fourth-order valence-corrected chi connectivity index (χ4v) is 3.92. The largest absolute Gasteiger partial charge is 0.409 e. The molecule has 1 aliphatic rings. The molecule has 2 N–H and O–H groups in total. The number of alkyl halides is 3. The maximum atomic E-state index is 12.6. The summed E-state index contributed by atoms with van der Waals surface area (Å²) in [4.78, 5) is 0.408. The zero-order valence-corrected chi connectivity index (χ0v) is 16.0. The monoisotopic (exact) mass is 418 g/mol. The molecule has 0 radical (unpaired) electrons. The maximum Gasteiger partial charge on any atom is 0.409 e.